The average Bonchev–Trinajstić information content (AvgIpc) is 2.36. The number of nitrogens with zero attached hydrogens (tertiary/aromatic N) is 1. The Kier molecular flexibility index (Phi) is 3.69. The molecule has 0 saturated carbocycles. The van der Waals surface area contributed by atoms with Gasteiger partial charge in [0.15, 0.2) is 0 Å². The lowest BCUT2D eigenvalue weighted by molar-refractivity contribution is -0.141. The fourth-order valence-electron chi connectivity index (χ4n) is 1.53. The molecule has 1 N–H and O–H groups in total. The second kappa shape index (κ2) is 5.26. The fourth-order valence-corrected chi connectivity index (χ4v) is 1.53. The van der Waals surface area contributed by atoms with E-state index < -0.39 is 17.7 Å². The molecule has 1 heterocycles. The van der Waals surface area contributed by atoms with E-state index in [9.17, 15) is 17.6 Å². The molecule has 0 bridgehead atoms. The molecule has 2 rings (SSSR count). The van der Waals surface area contributed by atoms with Crippen LogP contribution in [-0.4, -0.2) is 4.98 Å². The molecule has 100 valence electrons. The van der Waals surface area contributed by atoms with E-state index in [-0.39, 0.29) is 12.4 Å². The molecule has 19 heavy (non-hydrogen) atoms. The molecule has 6 heteroatoms. The van der Waals surface area contributed by atoms with E-state index >= 15 is 0 Å². The summed E-state index contributed by atoms with van der Waals surface area (Å²) in [6.07, 6.45) is -4.48. The van der Waals surface area contributed by atoms with Gasteiger partial charge in [0, 0.05) is 6.54 Å². The lowest BCUT2D eigenvalue weighted by Crippen LogP contribution is -2.10. The first kappa shape index (κ1) is 13.3. The van der Waals surface area contributed by atoms with Crippen molar-refractivity contribution in [1.82, 2.24) is 4.98 Å². The van der Waals surface area contributed by atoms with E-state index in [4.69, 9.17) is 0 Å². The number of rotatable bonds is 3. The smallest absolute Gasteiger partial charge is 0.366 e. The Morgan fingerprint density at radius 3 is 2.47 bits per heavy atom. The van der Waals surface area contributed by atoms with E-state index in [1.807, 2.05) is 0 Å². The number of anilines is 1. The van der Waals surface area contributed by atoms with Crippen LogP contribution in [0.4, 0.5) is 23.4 Å². The highest BCUT2D eigenvalue weighted by molar-refractivity contribution is 5.37. The van der Waals surface area contributed by atoms with E-state index in [0.29, 0.717) is 5.56 Å². The van der Waals surface area contributed by atoms with Crippen LogP contribution < -0.4 is 5.32 Å². The molecule has 1 aromatic heterocycles. The molecule has 0 saturated heterocycles. The van der Waals surface area contributed by atoms with Crippen molar-refractivity contribution in [2.45, 2.75) is 12.7 Å². The Balaban J connectivity index is 2.08. The van der Waals surface area contributed by atoms with Crippen LogP contribution in [0.3, 0.4) is 0 Å². The summed E-state index contributed by atoms with van der Waals surface area (Å²) in [4.78, 5) is 3.45. The number of nitrogens with one attached hydrogen (secondary N) is 1. The maximum Gasteiger partial charge on any atom is 0.433 e. The molecular formula is C13H10F4N2. The Labute approximate surface area is 107 Å². The summed E-state index contributed by atoms with van der Waals surface area (Å²) in [7, 11) is 0. The van der Waals surface area contributed by atoms with Gasteiger partial charge in [0.2, 0.25) is 0 Å². The van der Waals surface area contributed by atoms with Gasteiger partial charge in [-0.3, -0.25) is 0 Å². The van der Waals surface area contributed by atoms with Gasteiger partial charge < -0.3 is 5.32 Å². The third-order valence-electron chi connectivity index (χ3n) is 2.40. The molecule has 0 unspecified atom stereocenters. The molecule has 0 aliphatic rings. The highest BCUT2D eigenvalue weighted by atomic mass is 19.4. The third-order valence-corrected chi connectivity index (χ3v) is 2.40. The average molecular weight is 270 g/mol. The van der Waals surface area contributed by atoms with Gasteiger partial charge in [-0.1, -0.05) is 18.2 Å². The van der Waals surface area contributed by atoms with Gasteiger partial charge in [0.25, 0.3) is 0 Å². The highest BCUT2D eigenvalue weighted by Gasteiger charge is 2.32. The second-order valence-electron chi connectivity index (χ2n) is 3.89. The van der Waals surface area contributed by atoms with Crippen molar-refractivity contribution in [2.24, 2.45) is 0 Å². The van der Waals surface area contributed by atoms with Gasteiger partial charge in [-0.15, -0.1) is 0 Å². The molecule has 0 amide bonds. The largest absolute Gasteiger partial charge is 0.433 e. The van der Waals surface area contributed by atoms with Crippen molar-refractivity contribution in [3.63, 3.8) is 0 Å². The number of hydrogen-bond donors (Lipinski definition) is 1. The summed E-state index contributed by atoms with van der Waals surface area (Å²) in [5.74, 6) is -0.296. The SMILES string of the molecule is Fc1cccc(CNc2cccc(C(F)(F)F)n2)c1. The van der Waals surface area contributed by atoms with Crippen LogP contribution in [0.15, 0.2) is 42.5 Å². The van der Waals surface area contributed by atoms with Gasteiger partial charge in [-0.25, -0.2) is 9.37 Å². The maximum atomic E-state index is 12.9. The van der Waals surface area contributed by atoms with Crippen molar-refractivity contribution in [2.75, 3.05) is 5.32 Å². The van der Waals surface area contributed by atoms with E-state index in [2.05, 4.69) is 10.3 Å². The number of hydrogen-bond acceptors (Lipinski definition) is 2. The summed E-state index contributed by atoms with van der Waals surface area (Å²) < 4.78 is 50.3. The molecule has 2 aromatic rings. The lowest BCUT2D eigenvalue weighted by Gasteiger charge is -2.09. The zero-order valence-corrected chi connectivity index (χ0v) is 9.71. The Bertz CT molecular complexity index is 567. The molecule has 0 spiro atoms. The summed E-state index contributed by atoms with van der Waals surface area (Å²) in [6.45, 7) is 0.200. The zero-order chi connectivity index (χ0) is 13.9. The van der Waals surface area contributed by atoms with E-state index in [1.54, 1.807) is 6.07 Å². The quantitative estimate of drug-likeness (QED) is 0.857. The summed E-state index contributed by atoms with van der Waals surface area (Å²) >= 11 is 0. The standard InChI is InChI=1S/C13H10F4N2/c14-10-4-1-3-9(7-10)8-18-12-6-2-5-11(19-12)13(15,16)17/h1-7H,8H2,(H,18,19). The van der Waals surface area contributed by atoms with E-state index in [1.165, 1.54) is 30.3 Å². The molecule has 0 atom stereocenters. The summed E-state index contributed by atoms with van der Waals surface area (Å²) in [6, 6.07) is 9.40. The van der Waals surface area contributed by atoms with Gasteiger partial charge in [-0.05, 0) is 29.8 Å². The minimum Gasteiger partial charge on any atom is -0.366 e. The van der Waals surface area contributed by atoms with Crippen molar-refractivity contribution in [3.8, 4) is 0 Å². The van der Waals surface area contributed by atoms with Crippen LogP contribution in [0.1, 0.15) is 11.3 Å². The van der Waals surface area contributed by atoms with Crippen LogP contribution in [0.2, 0.25) is 0 Å². The van der Waals surface area contributed by atoms with Gasteiger partial charge in [-0.2, -0.15) is 13.2 Å². The van der Waals surface area contributed by atoms with Crippen LogP contribution >= 0.6 is 0 Å². The highest BCUT2D eigenvalue weighted by Crippen LogP contribution is 2.28. The molecular weight excluding hydrogens is 260 g/mol. The normalized spacial score (nSPS) is 11.4. The van der Waals surface area contributed by atoms with Gasteiger partial charge >= 0.3 is 6.18 Å². The number of halogens is 4. The Hall–Kier alpha value is -2.11. The number of aromatic nitrogens is 1. The predicted molar refractivity (Wildman–Crippen MR) is 63.0 cm³/mol. The molecule has 2 nitrogen and oxygen atoms in total. The first-order valence-corrected chi connectivity index (χ1v) is 5.48. The van der Waals surface area contributed by atoms with Crippen LogP contribution in [-0.2, 0) is 12.7 Å². The Morgan fingerprint density at radius 1 is 1.05 bits per heavy atom. The van der Waals surface area contributed by atoms with Crippen LogP contribution in [0.5, 0.6) is 0 Å². The van der Waals surface area contributed by atoms with Crippen molar-refractivity contribution in [3.05, 3.63) is 59.5 Å². The van der Waals surface area contributed by atoms with E-state index in [0.717, 1.165) is 6.07 Å². The monoisotopic (exact) mass is 270 g/mol. The number of pyridine rings is 1. The lowest BCUT2D eigenvalue weighted by atomic mass is 10.2. The van der Waals surface area contributed by atoms with Crippen LogP contribution in [0, 0.1) is 5.82 Å². The van der Waals surface area contributed by atoms with Crippen molar-refractivity contribution >= 4 is 5.82 Å². The number of alkyl halides is 3. The maximum absolute atomic E-state index is 12.9. The third kappa shape index (κ3) is 3.67. The topological polar surface area (TPSA) is 24.9 Å². The predicted octanol–water partition coefficient (Wildman–Crippen LogP) is 3.85. The zero-order valence-electron chi connectivity index (χ0n) is 9.71. The van der Waals surface area contributed by atoms with Gasteiger partial charge in [0.05, 0.1) is 0 Å². The van der Waals surface area contributed by atoms with Crippen LogP contribution in [0.25, 0.3) is 0 Å². The molecule has 0 aliphatic heterocycles. The number of benzene rings is 1. The molecule has 0 aliphatic carbocycles. The minimum absolute atomic E-state index is 0.0964. The Morgan fingerprint density at radius 2 is 1.79 bits per heavy atom. The van der Waals surface area contributed by atoms with Crippen molar-refractivity contribution in [1.29, 1.82) is 0 Å². The summed E-state index contributed by atoms with van der Waals surface area (Å²) in [5, 5.41) is 2.72. The first-order valence-electron chi connectivity index (χ1n) is 5.48. The fraction of sp³-hybridized carbons (Fsp3) is 0.154. The molecule has 0 fully saturated rings. The molecule has 1 aromatic carbocycles. The van der Waals surface area contributed by atoms with Crippen molar-refractivity contribution < 1.29 is 17.6 Å². The summed E-state index contributed by atoms with van der Waals surface area (Å²) in [5.41, 5.74) is -0.337. The molecule has 0 radical (unpaired) electrons. The minimum atomic E-state index is -4.48. The van der Waals surface area contributed by atoms with Gasteiger partial charge in [0.1, 0.15) is 17.3 Å². The first-order chi connectivity index (χ1) is 8.95. The second-order valence-corrected chi connectivity index (χ2v) is 3.89.